The maximum absolute atomic E-state index is 13.1. The summed E-state index contributed by atoms with van der Waals surface area (Å²) in [6, 6.07) is 17.4. The first kappa shape index (κ1) is 19.3. The summed E-state index contributed by atoms with van der Waals surface area (Å²) in [5.41, 5.74) is 4.76. The topological polar surface area (TPSA) is 43.3 Å². The molecule has 1 N–H and O–H groups in total. The molecule has 0 saturated carbocycles. The first-order valence-electron chi connectivity index (χ1n) is 9.03. The lowest BCUT2D eigenvalue weighted by Crippen LogP contribution is -2.13. The highest BCUT2D eigenvalue weighted by atomic mass is 35.5. The fraction of sp³-hybridized carbons (Fsp3) is 0.0870. The molecule has 6 heteroatoms. The van der Waals surface area contributed by atoms with E-state index < -0.39 is 0 Å². The highest BCUT2D eigenvalue weighted by molar-refractivity contribution is 7.13. The predicted octanol–water partition coefficient (Wildman–Crippen LogP) is 6.43. The van der Waals surface area contributed by atoms with Gasteiger partial charge >= 0.3 is 0 Å². The van der Waals surface area contributed by atoms with Crippen LogP contribution in [0.25, 0.3) is 16.8 Å². The zero-order chi connectivity index (χ0) is 20.4. The molecule has 0 aliphatic heterocycles. The van der Waals surface area contributed by atoms with Crippen LogP contribution in [0.4, 0.5) is 5.69 Å². The summed E-state index contributed by atoms with van der Waals surface area (Å²) in [6.45, 7) is 2.06. The Morgan fingerprint density at radius 2 is 1.83 bits per heavy atom. The maximum Gasteiger partial charge on any atom is 0.267 e. The Hall–Kier alpha value is -3.02. The molecule has 2 heterocycles. The Morgan fingerprint density at radius 1 is 1.10 bits per heavy atom. The van der Waals surface area contributed by atoms with E-state index in [1.807, 2.05) is 34.5 Å². The van der Waals surface area contributed by atoms with Crippen LogP contribution in [0.15, 0.2) is 72.4 Å². The number of benzene rings is 2. The van der Waals surface area contributed by atoms with Crippen LogP contribution >= 0.6 is 22.9 Å². The third-order valence-electron chi connectivity index (χ3n) is 4.61. The largest absolute Gasteiger partial charge is 0.495 e. The summed E-state index contributed by atoms with van der Waals surface area (Å²) >= 11 is 7.61. The molecule has 0 bridgehead atoms. The summed E-state index contributed by atoms with van der Waals surface area (Å²) in [5, 5.41) is 5.42. The lowest BCUT2D eigenvalue weighted by molar-refractivity contribution is 0.103. The molecule has 146 valence electrons. The number of thiophene rings is 1. The molecule has 0 unspecified atom stereocenters. The van der Waals surface area contributed by atoms with Crippen LogP contribution in [0.5, 0.6) is 5.75 Å². The van der Waals surface area contributed by atoms with Crippen molar-refractivity contribution in [3.05, 3.63) is 87.8 Å². The van der Waals surface area contributed by atoms with Crippen molar-refractivity contribution in [1.82, 2.24) is 4.57 Å². The van der Waals surface area contributed by atoms with E-state index in [9.17, 15) is 4.79 Å². The number of aromatic nitrogens is 1. The van der Waals surface area contributed by atoms with E-state index in [2.05, 4.69) is 36.5 Å². The average Bonchev–Trinajstić information content (AvgIpc) is 3.38. The minimum atomic E-state index is -0.182. The molecule has 4 aromatic rings. The minimum absolute atomic E-state index is 0.182. The van der Waals surface area contributed by atoms with Gasteiger partial charge in [-0.3, -0.25) is 4.79 Å². The number of halogens is 1. The molecular weight excluding hydrogens is 404 g/mol. The van der Waals surface area contributed by atoms with E-state index in [0.29, 0.717) is 21.3 Å². The summed E-state index contributed by atoms with van der Waals surface area (Å²) in [5.74, 6) is 0.383. The van der Waals surface area contributed by atoms with E-state index >= 15 is 0 Å². The summed E-state index contributed by atoms with van der Waals surface area (Å²) in [4.78, 5) is 13.7. The normalized spacial score (nSPS) is 10.7. The number of anilines is 1. The number of ether oxygens (including phenoxy) is 1. The Morgan fingerprint density at radius 3 is 2.48 bits per heavy atom. The van der Waals surface area contributed by atoms with Gasteiger partial charge in [0.1, 0.15) is 10.6 Å². The van der Waals surface area contributed by atoms with Crippen LogP contribution in [0.2, 0.25) is 5.02 Å². The fourth-order valence-corrected chi connectivity index (χ4v) is 4.35. The van der Waals surface area contributed by atoms with Gasteiger partial charge in [0.2, 0.25) is 0 Å². The molecule has 2 aromatic heterocycles. The van der Waals surface area contributed by atoms with Crippen molar-refractivity contribution < 1.29 is 9.53 Å². The van der Waals surface area contributed by atoms with Gasteiger partial charge in [0.05, 0.1) is 17.8 Å². The number of rotatable bonds is 5. The van der Waals surface area contributed by atoms with Gasteiger partial charge in [0.25, 0.3) is 5.91 Å². The second-order valence-corrected chi connectivity index (χ2v) is 7.87. The number of aryl methyl sites for hydroxylation is 1. The first-order chi connectivity index (χ1) is 14.1. The number of hydrogen-bond acceptors (Lipinski definition) is 3. The molecule has 0 aliphatic rings. The standard InChI is InChI=1S/C23H19ClN2O2S/c1-15-5-7-16(8-6-15)18-14-29-22(21(18)26-11-3-4-12-26)23(27)25-17-9-10-20(28-2)19(24)13-17/h3-14H,1-2H3,(H,25,27). The highest BCUT2D eigenvalue weighted by Gasteiger charge is 2.20. The second kappa shape index (κ2) is 8.15. The quantitative estimate of drug-likeness (QED) is 0.402. The van der Waals surface area contributed by atoms with Crippen molar-refractivity contribution in [3.63, 3.8) is 0 Å². The van der Waals surface area contributed by atoms with E-state index in [1.165, 1.54) is 16.9 Å². The summed E-state index contributed by atoms with van der Waals surface area (Å²) in [6.07, 6.45) is 3.89. The maximum atomic E-state index is 13.1. The van der Waals surface area contributed by atoms with Crippen molar-refractivity contribution in [2.75, 3.05) is 12.4 Å². The van der Waals surface area contributed by atoms with Crippen molar-refractivity contribution >= 4 is 34.5 Å². The fourth-order valence-electron chi connectivity index (χ4n) is 3.12. The smallest absolute Gasteiger partial charge is 0.267 e. The molecule has 0 fully saturated rings. The van der Waals surface area contributed by atoms with Crippen LogP contribution in [0, 0.1) is 6.92 Å². The first-order valence-corrected chi connectivity index (χ1v) is 10.3. The zero-order valence-electron chi connectivity index (χ0n) is 16.0. The Bertz CT molecular complexity index is 1150. The molecule has 29 heavy (non-hydrogen) atoms. The Kier molecular flexibility index (Phi) is 5.43. The predicted molar refractivity (Wildman–Crippen MR) is 120 cm³/mol. The van der Waals surface area contributed by atoms with Crippen molar-refractivity contribution in [2.24, 2.45) is 0 Å². The Balaban J connectivity index is 1.73. The third kappa shape index (κ3) is 3.92. The number of amides is 1. The van der Waals surface area contributed by atoms with E-state index in [4.69, 9.17) is 16.3 Å². The highest BCUT2D eigenvalue weighted by Crippen LogP contribution is 2.36. The van der Waals surface area contributed by atoms with E-state index in [1.54, 1.807) is 25.3 Å². The van der Waals surface area contributed by atoms with Crippen molar-refractivity contribution in [2.45, 2.75) is 6.92 Å². The lowest BCUT2D eigenvalue weighted by Gasteiger charge is -2.11. The molecular formula is C23H19ClN2O2S. The number of carbonyl (C=O) groups is 1. The van der Waals surface area contributed by atoms with Crippen LogP contribution < -0.4 is 10.1 Å². The number of hydrogen-bond donors (Lipinski definition) is 1. The molecule has 0 radical (unpaired) electrons. The molecule has 4 rings (SSSR count). The van der Waals surface area contributed by atoms with Crippen molar-refractivity contribution in [1.29, 1.82) is 0 Å². The second-order valence-electron chi connectivity index (χ2n) is 6.59. The molecule has 1 amide bonds. The minimum Gasteiger partial charge on any atom is -0.495 e. The van der Waals surface area contributed by atoms with Crippen LogP contribution in [0.1, 0.15) is 15.2 Å². The third-order valence-corrected chi connectivity index (χ3v) is 5.87. The SMILES string of the molecule is COc1ccc(NC(=O)c2scc(-c3ccc(C)cc3)c2-n2cccc2)cc1Cl. The number of nitrogens with zero attached hydrogens (tertiary/aromatic N) is 1. The van der Waals surface area contributed by atoms with Gasteiger partial charge in [0.15, 0.2) is 0 Å². The van der Waals surface area contributed by atoms with Crippen LogP contribution in [0.3, 0.4) is 0 Å². The number of nitrogens with one attached hydrogen (secondary N) is 1. The van der Waals surface area contributed by atoms with E-state index in [-0.39, 0.29) is 5.91 Å². The van der Waals surface area contributed by atoms with Crippen LogP contribution in [-0.4, -0.2) is 17.6 Å². The monoisotopic (exact) mass is 422 g/mol. The molecule has 0 atom stereocenters. The Labute approximate surface area is 178 Å². The van der Waals surface area contributed by atoms with Gasteiger partial charge < -0.3 is 14.6 Å². The van der Waals surface area contributed by atoms with Gasteiger partial charge in [-0.15, -0.1) is 11.3 Å². The molecule has 2 aromatic carbocycles. The average molecular weight is 423 g/mol. The summed E-state index contributed by atoms with van der Waals surface area (Å²) in [7, 11) is 1.56. The van der Waals surface area contributed by atoms with E-state index in [0.717, 1.165) is 16.8 Å². The van der Waals surface area contributed by atoms with Gasteiger partial charge in [-0.1, -0.05) is 41.4 Å². The van der Waals surface area contributed by atoms with Gasteiger partial charge in [0, 0.05) is 29.0 Å². The molecule has 4 nitrogen and oxygen atoms in total. The number of methoxy groups -OCH3 is 1. The molecule has 0 spiro atoms. The number of carbonyl (C=O) groups excluding carboxylic acids is 1. The lowest BCUT2D eigenvalue weighted by atomic mass is 10.0. The van der Waals surface area contributed by atoms with Crippen molar-refractivity contribution in [3.8, 4) is 22.6 Å². The zero-order valence-corrected chi connectivity index (χ0v) is 17.6. The van der Waals surface area contributed by atoms with Gasteiger partial charge in [-0.05, 0) is 42.8 Å². The van der Waals surface area contributed by atoms with Gasteiger partial charge in [-0.2, -0.15) is 0 Å². The molecule has 0 aliphatic carbocycles. The molecule has 0 saturated heterocycles. The van der Waals surface area contributed by atoms with Crippen LogP contribution in [-0.2, 0) is 0 Å². The summed E-state index contributed by atoms with van der Waals surface area (Å²) < 4.78 is 7.15. The van der Waals surface area contributed by atoms with Gasteiger partial charge in [-0.25, -0.2) is 0 Å².